The second-order valence-corrected chi connectivity index (χ2v) is 5.03. The lowest BCUT2D eigenvalue weighted by molar-refractivity contribution is 0.102. The third-order valence-electron chi connectivity index (χ3n) is 3.43. The molecule has 0 saturated carbocycles. The molecule has 0 heterocycles. The van der Waals surface area contributed by atoms with Gasteiger partial charge in [-0.2, -0.15) is 0 Å². The molecule has 3 rings (SSSR count). The maximum Gasteiger partial charge on any atom is 0.255 e. The molecule has 4 heteroatoms. The van der Waals surface area contributed by atoms with Gasteiger partial charge in [0.15, 0.2) is 11.6 Å². The van der Waals surface area contributed by atoms with Gasteiger partial charge in [0.2, 0.25) is 0 Å². The number of amides is 1. The first-order chi connectivity index (χ1) is 11.1. The monoisotopic (exact) mass is 309 g/mol. The summed E-state index contributed by atoms with van der Waals surface area (Å²) in [5.74, 6) is -2.33. The van der Waals surface area contributed by atoms with E-state index in [1.807, 2.05) is 42.5 Å². The van der Waals surface area contributed by atoms with Gasteiger partial charge in [0.1, 0.15) is 0 Å². The van der Waals surface area contributed by atoms with Crippen LogP contribution in [-0.4, -0.2) is 5.91 Å². The molecular weight excluding hydrogens is 296 g/mol. The smallest absolute Gasteiger partial charge is 0.255 e. The zero-order valence-electron chi connectivity index (χ0n) is 12.1. The Labute approximate surface area is 132 Å². The Morgan fingerprint density at radius 2 is 1.39 bits per heavy atom. The fourth-order valence-electron chi connectivity index (χ4n) is 2.22. The van der Waals surface area contributed by atoms with Gasteiger partial charge in [-0.15, -0.1) is 0 Å². The summed E-state index contributed by atoms with van der Waals surface area (Å²) in [6.07, 6.45) is 0. The molecule has 0 aliphatic carbocycles. The molecule has 1 amide bonds. The van der Waals surface area contributed by atoms with E-state index in [0.29, 0.717) is 5.56 Å². The van der Waals surface area contributed by atoms with Gasteiger partial charge in [0.05, 0.1) is 0 Å². The number of hydrogen-bond acceptors (Lipinski definition) is 1. The van der Waals surface area contributed by atoms with Gasteiger partial charge in [-0.3, -0.25) is 4.79 Å². The Morgan fingerprint density at radius 1 is 0.739 bits per heavy atom. The zero-order valence-corrected chi connectivity index (χ0v) is 12.1. The Balaban J connectivity index is 1.76. The summed E-state index contributed by atoms with van der Waals surface area (Å²) in [6, 6.07) is 20.1. The maximum atomic E-state index is 13.1. The number of carbonyl (C=O) groups is 1. The molecule has 0 saturated heterocycles. The number of anilines is 1. The second-order valence-electron chi connectivity index (χ2n) is 5.03. The minimum atomic E-state index is -0.998. The van der Waals surface area contributed by atoms with Crippen molar-refractivity contribution in [2.75, 3.05) is 5.32 Å². The number of halogens is 2. The first-order valence-electron chi connectivity index (χ1n) is 7.05. The molecule has 0 aliphatic rings. The van der Waals surface area contributed by atoms with E-state index in [1.165, 1.54) is 6.07 Å². The summed E-state index contributed by atoms with van der Waals surface area (Å²) in [5, 5.41) is 2.54. The second kappa shape index (κ2) is 6.40. The third kappa shape index (κ3) is 3.43. The topological polar surface area (TPSA) is 29.1 Å². The van der Waals surface area contributed by atoms with E-state index in [0.717, 1.165) is 23.3 Å². The predicted molar refractivity (Wildman–Crippen MR) is 86.2 cm³/mol. The van der Waals surface area contributed by atoms with Crippen LogP contribution in [0.2, 0.25) is 0 Å². The summed E-state index contributed by atoms with van der Waals surface area (Å²) in [4.78, 5) is 12.1. The van der Waals surface area contributed by atoms with Gasteiger partial charge in [0, 0.05) is 17.3 Å². The lowest BCUT2D eigenvalue weighted by Crippen LogP contribution is -2.12. The molecular formula is C19H13F2NO. The molecule has 0 fully saturated rings. The molecule has 1 N–H and O–H groups in total. The fraction of sp³-hybridized carbons (Fsp3) is 0. The van der Waals surface area contributed by atoms with E-state index in [9.17, 15) is 13.6 Å². The van der Waals surface area contributed by atoms with E-state index in [4.69, 9.17) is 0 Å². The molecule has 0 radical (unpaired) electrons. The molecule has 0 aliphatic heterocycles. The Kier molecular flexibility index (Phi) is 4.15. The molecule has 0 aromatic heterocycles. The first kappa shape index (κ1) is 14.9. The Morgan fingerprint density at radius 3 is 2.04 bits per heavy atom. The van der Waals surface area contributed by atoms with Crippen molar-refractivity contribution in [1.82, 2.24) is 0 Å². The standard InChI is InChI=1S/C19H13F2NO/c20-17-11-10-16(12-18(17)21)22-19(23)15-8-6-14(7-9-15)13-4-2-1-3-5-13/h1-12H,(H,22,23). The van der Waals surface area contributed by atoms with Crippen molar-refractivity contribution < 1.29 is 13.6 Å². The number of nitrogens with one attached hydrogen (secondary N) is 1. The summed E-state index contributed by atoms with van der Waals surface area (Å²) >= 11 is 0. The minimum Gasteiger partial charge on any atom is -0.322 e. The van der Waals surface area contributed by atoms with Crippen molar-refractivity contribution in [3.63, 3.8) is 0 Å². The number of benzene rings is 3. The van der Waals surface area contributed by atoms with Crippen LogP contribution in [0.4, 0.5) is 14.5 Å². The van der Waals surface area contributed by atoms with Crippen molar-refractivity contribution in [3.05, 3.63) is 90.0 Å². The maximum absolute atomic E-state index is 13.1. The van der Waals surface area contributed by atoms with E-state index in [1.54, 1.807) is 12.1 Å². The van der Waals surface area contributed by atoms with Crippen molar-refractivity contribution >= 4 is 11.6 Å². The SMILES string of the molecule is O=C(Nc1ccc(F)c(F)c1)c1ccc(-c2ccccc2)cc1. The molecule has 23 heavy (non-hydrogen) atoms. The highest BCUT2D eigenvalue weighted by Gasteiger charge is 2.08. The average Bonchev–Trinajstić information content (AvgIpc) is 2.59. The first-order valence-corrected chi connectivity index (χ1v) is 7.05. The van der Waals surface area contributed by atoms with Crippen molar-refractivity contribution in [2.45, 2.75) is 0 Å². The van der Waals surface area contributed by atoms with Crippen LogP contribution in [0.25, 0.3) is 11.1 Å². The zero-order chi connectivity index (χ0) is 16.2. The molecule has 0 spiro atoms. The minimum absolute atomic E-state index is 0.209. The molecule has 0 unspecified atom stereocenters. The number of rotatable bonds is 3. The summed E-state index contributed by atoms with van der Waals surface area (Å²) < 4.78 is 26.0. The van der Waals surface area contributed by atoms with Gasteiger partial charge in [-0.05, 0) is 35.4 Å². The average molecular weight is 309 g/mol. The third-order valence-corrected chi connectivity index (χ3v) is 3.43. The normalized spacial score (nSPS) is 10.3. The fourth-order valence-corrected chi connectivity index (χ4v) is 2.22. The summed E-state index contributed by atoms with van der Waals surface area (Å²) in [5.41, 5.74) is 2.70. The van der Waals surface area contributed by atoms with Gasteiger partial charge < -0.3 is 5.32 Å². The van der Waals surface area contributed by atoms with Crippen LogP contribution >= 0.6 is 0 Å². The Bertz CT molecular complexity index is 830. The van der Waals surface area contributed by atoms with Crippen LogP contribution in [-0.2, 0) is 0 Å². The van der Waals surface area contributed by atoms with Gasteiger partial charge >= 0.3 is 0 Å². The number of carbonyl (C=O) groups excluding carboxylic acids is 1. The summed E-state index contributed by atoms with van der Waals surface area (Å²) in [7, 11) is 0. The van der Waals surface area contributed by atoms with Crippen LogP contribution in [0.5, 0.6) is 0 Å². The van der Waals surface area contributed by atoms with Crippen molar-refractivity contribution in [1.29, 1.82) is 0 Å². The highest BCUT2D eigenvalue weighted by molar-refractivity contribution is 6.04. The van der Waals surface area contributed by atoms with Gasteiger partial charge in [-0.1, -0.05) is 42.5 Å². The van der Waals surface area contributed by atoms with E-state index < -0.39 is 11.6 Å². The number of hydrogen-bond donors (Lipinski definition) is 1. The molecule has 3 aromatic rings. The quantitative estimate of drug-likeness (QED) is 0.733. The van der Waals surface area contributed by atoms with E-state index in [2.05, 4.69) is 5.32 Å². The van der Waals surface area contributed by atoms with Gasteiger partial charge in [0.25, 0.3) is 5.91 Å². The van der Waals surface area contributed by atoms with Gasteiger partial charge in [-0.25, -0.2) is 8.78 Å². The van der Waals surface area contributed by atoms with Crippen LogP contribution in [0.1, 0.15) is 10.4 Å². The lowest BCUT2D eigenvalue weighted by Gasteiger charge is -2.07. The van der Waals surface area contributed by atoms with Crippen molar-refractivity contribution in [2.24, 2.45) is 0 Å². The molecule has 0 atom stereocenters. The van der Waals surface area contributed by atoms with Crippen LogP contribution < -0.4 is 5.32 Å². The van der Waals surface area contributed by atoms with Crippen molar-refractivity contribution in [3.8, 4) is 11.1 Å². The summed E-state index contributed by atoms with van der Waals surface area (Å²) in [6.45, 7) is 0. The van der Waals surface area contributed by atoms with E-state index >= 15 is 0 Å². The lowest BCUT2D eigenvalue weighted by atomic mass is 10.0. The predicted octanol–water partition coefficient (Wildman–Crippen LogP) is 4.88. The molecule has 0 bridgehead atoms. The van der Waals surface area contributed by atoms with Crippen LogP contribution in [0.15, 0.2) is 72.8 Å². The van der Waals surface area contributed by atoms with Crippen LogP contribution in [0.3, 0.4) is 0 Å². The molecule has 114 valence electrons. The van der Waals surface area contributed by atoms with E-state index in [-0.39, 0.29) is 11.6 Å². The highest BCUT2D eigenvalue weighted by atomic mass is 19.2. The largest absolute Gasteiger partial charge is 0.322 e. The highest BCUT2D eigenvalue weighted by Crippen LogP contribution is 2.20. The Hall–Kier alpha value is -3.01. The van der Waals surface area contributed by atoms with Crippen LogP contribution in [0, 0.1) is 11.6 Å². The molecule has 3 aromatic carbocycles. The molecule has 2 nitrogen and oxygen atoms in total.